The van der Waals surface area contributed by atoms with Crippen LogP contribution in [0.4, 0.5) is 19.0 Å². The van der Waals surface area contributed by atoms with Gasteiger partial charge in [-0.1, -0.05) is 24.3 Å². The average molecular weight is 411 g/mol. The van der Waals surface area contributed by atoms with Crippen LogP contribution in [0, 0.1) is 13.8 Å². The third-order valence-electron chi connectivity index (χ3n) is 4.52. The summed E-state index contributed by atoms with van der Waals surface area (Å²) in [5.41, 5.74) is 0.999. The molecule has 6 nitrogen and oxygen atoms in total. The molecule has 1 aromatic carbocycles. The van der Waals surface area contributed by atoms with Gasteiger partial charge in [0.1, 0.15) is 5.82 Å². The van der Waals surface area contributed by atoms with Crippen molar-refractivity contribution < 1.29 is 18.0 Å². The molecule has 0 radical (unpaired) electrons. The summed E-state index contributed by atoms with van der Waals surface area (Å²) in [6, 6.07) is 11.9. The van der Waals surface area contributed by atoms with Crippen molar-refractivity contribution in [2.75, 3.05) is 5.32 Å². The number of amides is 1. The van der Waals surface area contributed by atoms with Crippen molar-refractivity contribution in [3.05, 3.63) is 77.2 Å². The van der Waals surface area contributed by atoms with Crippen LogP contribution < -0.4 is 5.32 Å². The molecule has 4 rings (SSSR count). The monoisotopic (exact) mass is 411 g/mol. The van der Waals surface area contributed by atoms with Crippen molar-refractivity contribution in [2.45, 2.75) is 20.0 Å². The number of benzene rings is 1. The maximum absolute atomic E-state index is 13.5. The van der Waals surface area contributed by atoms with E-state index in [0.717, 1.165) is 11.8 Å². The first-order valence-electron chi connectivity index (χ1n) is 9.01. The number of nitrogens with zero attached hydrogens (tertiary/aromatic N) is 4. The molecule has 4 aromatic rings. The molecule has 3 heterocycles. The fourth-order valence-electron chi connectivity index (χ4n) is 3.16. The molecule has 9 heteroatoms. The Labute approximate surface area is 169 Å². The van der Waals surface area contributed by atoms with Gasteiger partial charge in [-0.3, -0.25) is 4.79 Å². The molecule has 0 aliphatic heterocycles. The van der Waals surface area contributed by atoms with Crippen LogP contribution in [0.3, 0.4) is 0 Å². The number of aromatic nitrogens is 4. The number of hydrogen-bond donors (Lipinski definition) is 1. The Balaban J connectivity index is 1.81. The standard InChI is InChI=1S/C21H16F3N5O/c1-12-10-16(14-7-3-4-8-15(14)21(22,23)24)28-29-17(11-25-19(12)29)20(30)27-18-9-5-6-13(2)26-18/h3-11H,1-2H3,(H,26,27,30). The SMILES string of the molecule is Cc1cccc(NC(=O)c2cnc3c(C)cc(-c4ccccc4C(F)(F)F)nn23)n1. The van der Waals surface area contributed by atoms with Gasteiger partial charge in [-0.2, -0.15) is 18.3 Å². The number of halogens is 3. The van der Waals surface area contributed by atoms with Gasteiger partial charge >= 0.3 is 6.18 Å². The third kappa shape index (κ3) is 3.61. The van der Waals surface area contributed by atoms with Crippen molar-refractivity contribution in [1.29, 1.82) is 0 Å². The van der Waals surface area contributed by atoms with E-state index in [1.807, 2.05) is 0 Å². The van der Waals surface area contributed by atoms with E-state index < -0.39 is 17.6 Å². The molecule has 3 aromatic heterocycles. The summed E-state index contributed by atoms with van der Waals surface area (Å²) < 4.78 is 41.6. The first-order chi connectivity index (χ1) is 14.2. The maximum Gasteiger partial charge on any atom is 0.417 e. The second-order valence-corrected chi connectivity index (χ2v) is 6.75. The minimum atomic E-state index is -4.53. The summed E-state index contributed by atoms with van der Waals surface area (Å²) in [6.07, 6.45) is -3.20. The van der Waals surface area contributed by atoms with Crippen molar-refractivity contribution in [1.82, 2.24) is 19.6 Å². The lowest BCUT2D eigenvalue weighted by Crippen LogP contribution is -2.17. The van der Waals surface area contributed by atoms with E-state index >= 15 is 0 Å². The number of anilines is 1. The number of imidazole rings is 1. The van der Waals surface area contributed by atoms with Gasteiger partial charge in [-0.15, -0.1) is 0 Å². The van der Waals surface area contributed by atoms with E-state index in [-0.39, 0.29) is 17.0 Å². The van der Waals surface area contributed by atoms with Gasteiger partial charge < -0.3 is 5.32 Å². The minimum absolute atomic E-state index is 0.0737. The number of rotatable bonds is 3. The van der Waals surface area contributed by atoms with E-state index in [1.165, 1.54) is 35.0 Å². The maximum atomic E-state index is 13.5. The number of hydrogen-bond acceptors (Lipinski definition) is 4. The highest BCUT2D eigenvalue weighted by Gasteiger charge is 2.34. The van der Waals surface area contributed by atoms with Gasteiger partial charge in [0.15, 0.2) is 11.3 Å². The molecule has 0 bridgehead atoms. The second kappa shape index (κ2) is 7.25. The van der Waals surface area contributed by atoms with E-state index in [1.54, 1.807) is 32.0 Å². The van der Waals surface area contributed by atoms with Gasteiger partial charge in [0, 0.05) is 11.3 Å². The summed E-state index contributed by atoms with van der Waals surface area (Å²) in [7, 11) is 0. The molecule has 0 unspecified atom stereocenters. The topological polar surface area (TPSA) is 72.2 Å². The number of alkyl halides is 3. The Morgan fingerprint density at radius 2 is 1.83 bits per heavy atom. The number of fused-ring (bicyclic) bond motifs is 1. The lowest BCUT2D eigenvalue weighted by molar-refractivity contribution is -0.137. The van der Waals surface area contributed by atoms with Crippen molar-refractivity contribution in [3.8, 4) is 11.3 Å². The van der Waals surface area contributed by atoms with E-state index in [4.69, 9.17) is 0 Å². The fraction of sp³-hybridized carbons (Fsp3) is 0.143. The molecular formula is C21H16F3N5O. The van der Waals surface area contributed by atoms with Crippen LogP contribution in [0.25, 0.3) is 16.9 Å². The van der Waals surface area contributed by atoms with Crippen LogP contribution in [-0.2, 0) is 6.18 Å². The molecule has 0 saturated heterocycles. The molecule has 0 aliphatic rings. The predicted molar refractivity (Wildman–Crippen MR) is 105 cm³/mol. The highest BCUT2D eigenvalue weighted by atomic mass is 19.4. The van der Waals surface area contributed by atoms with Gasteiger partial charge in [-0.25, -0.2) is 14.5 Å². The second-order valence-electron chi connectivity index (χ2n) is 6.75. The quantitative estimate of drug-likeness (QED) is 0.531. The number of aryl methyl sites for hydroxylation is 2. The first-order valence-corrected chi connectivity index (χ1v) is 9.01. The highest BCUT2D eigenvalue weighted by molar-refractivity contribution is 6.03. The molecule has 0 atom stereocenters. The van der Waals surface area contributed by atoms with Crippen molar-refractivity contribution >= 4 is 17.4 Å². The molecule has 1 amide bonds. The zero-order valence-corrected chi connectivity index (χ0v) is 16.0. The predicted octanol–water partition coefficient (Wildman–Crippen LogP) is 4.68. The molecule has 1 N–H and O–H groups in total. The van der Waals surface area contributed by atoms with E-state index in [9.17, 15) is 18.0 Å². The zero-order chi connectivity index (χ0) is 21.5. The number of carbonyl (C=O) groups is 1. The van der Waals surface area contributed by atoms with Crippen LogP contribution >= 0.6 is 0 Å². The average Bonchev–Trinajstić information content (AvgIpc) is 3.12. The van der Waals surface area contributed by atoms with Crippen LogP contribution in [0.15, 0.2) is 54.7 Å². The highest BCUT2D eigenvalue weighted by Crippen LogP contribution is 2.36. The summed E-state index contributed by atoms with van der Waals surface area (Å²) in [5.74, 6) is -0.168. The van der Waals surface area contributed by atoms with E-state index in [0.29, 0.717) is 17.0 Å². The normalized spacial score (nSPS) is 11.6. The summed E-state index contributed by atoms with van der Waals surface area (Å²) in [5, 5.41) is 6.95. The Morgan fingerprint density at radius 3 is 2.57 bits per heavy atom. The van der Waals surface area contributed by atoms with Gasteiger partial charge in [0.25, 0.3) is 5.91 Å². The summed E-state index contributed by atoms with van der Waals surface area (Å²) in [4.78, 5) is 21.2. The Bertz CT molecular complexity index is 1260. The smallest absolute Gasteiger partial charge is 0.305 e. The molecular weight excluding hydrogens is 395 g/mol. The molecule has 0 spiro atoms. The molecule has 0 aliphatic carbocycles. The molecule has 152 valence electrons. The molecule has 0 fully saturated rings. The number of pyridine rings is 1. The van der Waals surface area contributed by atoms with Crippen LogP contribution in [0.1, 0.15) is 27.3 Å². The van der Waals surface area contributed by atoms with Crippen LogP contribution in [-0.4, -0.2) is 25.5 Å². The number of carbonyl (C=O) groups excluding carboxylic acids is 1. The third-order valence-corrected chi connectivity index (χ3v) is 4.52. The zero-order valence-electron chi connectivity index (χ0n) is 16.0. The van der Waals surface area contributed by atoms with Gasteiger partial charge in [0.05, 0.1) is 17.5 Å². The lowest BCUT2D eigenvalue weighted by atomic mass is 10.0. The molecule has 0 saturated carbocycles. The minimum Gasteiger partial charge on any atom is -0.305 e. The van der Waals surface area contributed by atoms with Crippen LogP contribution in [0.5, 0.6) is 0 Å². The summed E-state index contributed by atoms with van der Waals surface area (Å²) >= 11 is 0. The van der Waals surface area contributed by atoms with Gasteiger partial charge in [0.2, 0.25) is 0 Å². The lowest BCUT2D eigenvalue weighted by Gasteiger charge is -2.13. The van der Waals surface area contributed by atoms with Crippen molar-refractivity contribution in [3.63, 3.8) is 0 Å². The van der Waals surface area contributed by atoms with Crippen molar-refractivity contribution in [2.24, 2.45) is 0 Å². The Kier molecular flexibility index (Phi) is 4.73. The van der Waals surface area contributed by atoms with Crippen LogP contribution in [0.2, 0.25) is 0 Å². The number of nitrogens with one attached hydrogen (secondary N) is 1. The first kappa shape index (κ1) is 19.6. The Morgan fingerprint density at radius 1 is 1.07 bits per heavy atom. The summed E-state index contributed by atoms with van der Waals surface area (Å²) in [6.45, 7) is 3.49. The van der Waals surface area contributed by atoms with Gasteiger partial charge in [-0.05, 0) is 43.7 Å². The largest absolute Gasteiger partial charge is 0.417 e. The van der Waals surface area contributed by atoms with E-state index in [2.05, 4.69) is 20.4 Å². The Hall–Kier alpha value is -3.75. The molecule has 30 heavy (non-hydrogen) atoms. The fourth-order valence-corrected chi connectivity index (χ4v) is 3.16.